The molecule has 0 saturated heterocycles. The fraction of sp³-hybridized carbons (Fsp3) is 0.278. The molecule has 2 aromatic carbocycles. The second-order valence-electron chi connectivity index (χ2n) is 5.68. The minimum absolute atomic E-state index is 0.0363. The molecule has 0 aliphatic carbocycles. The largest absolute Gasteiger partial charge is 0.322 e. The first-order valence-corrected chi connectivity index (χ1v) is 7.50. The topological polar surface area (TPSA) is 41.1 Å². The third-order valence-electron chi connectivity index (χ3n) is 3.53. The van der Waals surface area contributed by atoms with E-state index in [4.69, 9.17) is 0 Å². The SMILES string of the molecule is CC(C)[C@H](NCC(=O)Nc1ccccc1F)c1ccc(F)cc1. The molecule has 0 radical (unpaired) electrons. The normalized spacial score (nSPS) is 12.2. The highest BCUT2D eigenvalue weighted by Gasteiger charge is 2.17. The van der Waals surface area contributed by atoms with Crippen LogP contribution in [0, 0.1) is 17.6 Å². The van der Waals surface area contributed by atoms with Crippen LogP contribution in [0.25, 0.3) is 0 Å². The molecule has 0 spiro atoms. The maximum atomic E-state index is 13.5. The molecular formula is C18H20F2N2O. The molecule has 0 saturated carbocycles. The summed E-state index contributed by atoms with van der Waals surface area (Å²) < 4.78 is 26.5. The van der Waals surface area contributed by atoms with Gasteiger partial charge in [0.1, 0.15) is 11.6 Å². The van der Waals surface area contributed by atoms with Gasteiger partial charge in [0.15, 0.2) is 0 Å². The lowest BCUT2D eigenvalue weighted by Gasteiger charge is -2.22. The van der Waals surface area contributed by atoms with Crippen molar-refractivity contribution in [3.63, 3.8) is 0 Å². The Kier molecular flexibility index (Phi) is 5.82. The van der Waals surface area contributed by atoms with E-state index in [1.807, 2.05) is 13.8 Å². The quantitative estimate of drug-likeness (QED) is 0.848. The molecule has 0 aromatic heterocycles. The van der Waals surface area contributed by atoms with E-state index in [-0.39, 0.29) is 35.9 Å². The zero-order valence-electron chi connectivity index (χ0n) is 13.1. The Morgan fingerprint density at radius 2 is 1.70 bits per heavy atom. The van der Waals surface area contributed by atoms with Crippen molar-refractivity contribution in [1.29, 1.82) is 0 Å². The standard InChI is InChI=1S/C18H20F2N2O/c1-12(2)18(13-7-9-14(19)10-8-13)21-11-17(23)22-16-6-4-3-5-15(16)20/h3-10,12,18,21H,11H2,1-2H3,(H,22,23)/t18-/m0/s1. The van der Waals surface area contributed by atoms with Gasteiger partial charge in [-0.05, 0) is 35.7 Å². The summed E-state index contributed by atoms with van der Waals surface area (Å²) >= 11 is 0. The van der Waals surface area contributed by atoms with Crippen molar-refractivity contribution in [2.75, 3.05) is 11.9 Å². The minimum Gasteiger partial charge on any atom is -0.322 e. The number of nitrogens with one attached hydrogen (secondary N) is 2. The number of halogens is 2. The molecule has 0 bridgehead atoms. The molecule has 0 aliphatic rings. The van der Waals surface area contributed by atoms with Crippen LogP contribution in [0.3, 0.4) is 0 Å². The third kappa shape index (κ3) is 4.86. The van der Waals surface area contributed by atoms with Gasteiger partial charge in [0.25, 0.3) is 0 Å². The first kappa shape index (κ1) is 17.1. The van der Waals surface area contributed by atoms with Crippen molar-refractivity contribution < 1.29 is 13.6 Å². The van der Waals surface area contributed by atoms with E-state index >= 15 is 0 Å². The second-order valence-corrected chi connectivity index (χ2v) is 5.68. The monoisotopic (exact) mass is 318 g/mol. The second kappa shape index (κ2) is 7.83. The maximum Gasteiger partial charge on any atom is 0.238 e. The molecule has 5 heteroatoms. The van der Waals surface area contributed by atoms with E-state index in [0.717, 1.165) is 5.56 Å². The molecule has 0 aliphatic heterocycles. The zero-order valence-corrected chi connectivity index (χ0v) is 13.1. The maximum absolute atomic E-state index is 13.5. The number of para-hydroxylation sites is 1. The molecule has 1 amide bonds. The lowest BCUT2D eigenvalue weighted by molar-refractivity contribution is -0.115. The Morgan fingerprint density at radius 3 is 2.30 bits per heavy atom. The van der Waals surface area contributed by atoms with Gasteiger partial charge < -0.3 is 10.6 Å². The molecule has 1 atom stereocenters. The van der Waals surface area contributed by atoms with E-state index < -0.39 is 5.82 Å². The van der Waals surface area contributed by atoms with Gasteiger partial charge in [-0.1, -0.05) is 38.1 Å². The van der Waals surface area contributed by atoms with Gasteiger partial charge in [0.2, 0.25) is 5.91 Å². The molecule has 2 N–H and O–H groups in total. The zero-order chi connectivity index (χ0) is 16.8. The van der Waals surface area contributed by atoms with Crippen molar-refractivity contribution >= 4 is 11.6 Å². The molecule has 3 nitrogen and oxygen atoms in total. The Morgan fingerprint density at radius 1 is 1.04 bits per heavy atom. The van der Waals surface area contributed by atoms with Crippen molar-refractivity contribution in [2.45, 2.75) is 19.9 Å². The number of rotatable bonds is 6. The number of hydrogen-bond donors (Lipinski definition) is 2. The van der Waals surface area contributed by atoms with Gasteiger partial charge in [-0.2, -0.15) is 0 Å². The predicted molar refractivity (Wildman–Crippen MR) is 87.0 cm³/mol. The molecule has 2 aromatic rings. The highest BCUT2D eigenvalue weighted by Crippen LogP contribution is 2.21. The van der Waals surface area contributed by atoms with Crippen LogP contribution in [0.2, 0.25) is 0 Å². The summed E-state index contributed by atoms with van der Waals surface area (Å²) in [7, 11) is 0. The lowest BCUT2D eigenvalue weighted by Crippen LogP contribution is -2.33. The number of carbonyl (C=O) groups excluding carboxylic acids is 1. The van der Waals surface area contributed by atoms with Crippen LogP contribution in [0.5, 0.6) is 0 Å². The highest BCUT2D eigenvalue weighted by molar-refractivity contribution is 5.92. The van der Waals surface area contributed by atoms with E-state index in [0.29, 0.717) is 0 Å². The summed E-state index contributed by atoms with van der Waals surface area (Å²) in [5.74, 6) is -0.891. The van der Waals surface area contributed by atoms with Gasteiger partial charge in [0, 0.05) is 6.04 Å². The first-order chi connectivity index (χ1) is 11.0. The molecule has 0 heterocycles. The number of anilines is 1. The van der Waals surface area contributed by atoms with Crippen LogP contribution in [0.4, 0.5) is 14.5 Å². The average molecular weight is 318 g/mol. The van der Waals surface area contributed by atoms with Crippen LogP contribution in [0.15, 0.2) is 48.5 Å². The Labute approximate surface area is 134 Å². The van der Waals surface area contributed by atoms with Gasteiger partial charge in [-0.15, -0.1) is 0 Å². The van der Waals surface area contributed by atoms with Crippen LogP contribution in [0.1, 0.15) is 25.5 Å². The summed E-state index contributed by atoms with van der Waals surface area (Å²) in [5.41, 5.74) is 1.06. The van der Waals surface area contributed by atoms with Gasteiger partial charge >= 0.3 is 0 Å². The molecule has 0 fully saturated rings. The van der Waals surface area contributed by atoms with E-state index in [9.17, 15) is 13.6 Å². The fourth-order valence-corrected chi connectivity index (χ4v) is 2.37. The first-order valence-electron chi connectivity index (χ1n) is 7.50. The summed E-state index contributed by atoms with van der Waals surface area (Å²) in [6.45, 7) is 4.06. The smallest absolute Gasteiger partial charge is 0.238 e. The summed E-state index contributed by atoms with van der Waals surface area (Å²) in [4.78, 5) is 12.0. The number of benzene rings is 2. The minimum atomic E-state index is -0.472. The molecular weight excluding hydrogens is 298 g/mol. The van der Waals surface area contributed by atoms with Gasteiger partial charge in [0.05, 0.1) is 12.2 Å². The molecule has 23 heavy (non-hydrogen) atoms. The van der Waals surface area contributed by atoms with Crippen molar-refractivity contribution in [1.82, 2.24) is 5.32 Å². The Balaban J connectivity index is 1.97. The van der Waals surface area contributed by atoms with Crippen molar-refractivity contribution in [3.05, 3.63) is 65.7 Å². The lowest BCUT2D eigenvalue weighted by atomic mass is 9.96. The van der Waals surface area contributed by atoms with Crippen LogP contribution >= 0.6 is 0 Å². The number of amides is 1. The average Bonchev–Trinajstić information content (AvgIpc) is 2.51. The van der Waals surface area contributed by atoms with E-state index in [1.54, 1.807) is 24.3 Å². The Bertz CT molecular complexity index is 656. The van der Waals surface area contributed by atoms with Crippen LogP contribution < -0.4 is 10.6 Å². The van der Waals surface area contributed by atoms with Crippen molar-refractivity contribution in [2.24, 2.45) is 5.92 Å². The molecule has 122 valence electrons. The summed E-state index contributed by atoms with van der Waals surface area (Å²) in [6.07, 6.45) is 0. The van der Waals surface area contributed by atoms with Gasteiger partial charge in [-0.25, -0.2) is 8.78 Å². The predicted octanol–water partition coefficient (Wildman–Crippen LogP) is 3.89. The number of carbonyl (C=O) groups is 1. The highest BCUT2D eigenvalue weighted by atomic mass is 19.1. The van der Waals surface area contributed by atoms with Crippen molar-refractivity contribution in [3.8, 4) is 0 Å². The van der Waals surface area contributed by atoms with Gasteiger partial charge in [-0.3, -0.25) is 4.79 Å². The Hall–Kier alpha value is -2.27. The number of hydrogen-bond acceptors (Lipinski definition) is 2. The molecule has 0 unspecified atom stereocenters. The fourth-order valence-electron chi connectivity index (χ4n) is 2.37. The van der Waals surface area contributed by atoms with Crippen LogP contribution in [-0.4, -0.2) is 12.5 Å². The van der Waals surface area contributed by atoms with E-state index in [2.05, 4.69) is 10.6 Å². The molecule has 2 rings (SSSR count). The summed E-state index contributed by atoms with van der Waals surface area (Å²) in [5, 5.41) is 5.67. The van der Waals surface area contributed by atoms with Crippen LogP contribution in [-0.2, 0) is 4.79 Å². The third-order valence-corrected chi connectivity index (χ3v) is 3.53. The summed E-state index contributed by atoms with van der Waals surface area (Å²) in [6, 6.07) is 12.1. The van der Waals surface area contributed by atoms with E-state index in [1.165, 1.54) is 24.3 Å².